The molecule has 2 aromatic rings. The van der Waals surface area contributed by atoms with Crippen LogP contribution in [0.1, 0.15) is 0 Å². The maximum absolute atomic E-state index is 9.76. The molecule has 5 nitrogen and oxygen atoms in total. The zero-order valence-electron chi connectivity index (χ0n) is 9.36. The molecule has 0 bridgehead atoms. The third kappa shape index (κ3) is 3.22. The van der Waals surface area contributed by atoms with Crippen molar-refractivity contribution in [3.8, 4) is 5.75 Å². The molecule has 0 saturated heterocycles. The number of rotatable bonds is 5. The SMILES string of the molecule is Nc1ccccc1OCC(O)Cn1ccnc1. The second-order valence-electron chi connectivity index (χ2n) is 3.76. The van der Waals surface area contributed by atoms with Gasteiger partial charge in [-0.05, 0) is 12.1 Å². The van der Waals surface area contributed by atoms with Crippen molar-refractivity contribution in [3.05, 3.63) is 43.0 Å². The van der Waals surface area contributed by atoms with Gasteiger partial charge >= 0.3 is 0 Å². The fourth-order valence-electron chi connectivity index (χ4n) is 1.49. The minimum absolute atomic E-state index is 0.201. The van der Waals surface area contributed by atoms with E-state index in [0.717, 1.165) is 0 Å². The van der Waals surface area contributed by atoms with E-state index in [1.54, 1.807) is 35.4 Å². The number of ether oxygens (including phenoxy) is 1. The fraction of sp³-hybridized carbons (Fsp3) is 0.250. The highest BCUT2D eigenvalue weighted by molar-refractivity contribution is 5.51. The van der Waals surface area contributed by atoms with Crippen LogP contribution in [0, 0.1) is 0 Å². The number of aromatic nitrogens is 2. The van der Waals surface area contributed by atoms with Crippen molar-refractivity contribution in [2.24, 2.45) is 0 Å². The maximum atomic E-state index is 9.76. The number of imidazole rings is 1. The molecule has 1 unspecified atom stereocenters. The Morgan fingerprint density at radius 3 is 2.94 bits per heavy atom. The van der Waals surface area contributed by atoms with Gasteiger partial charge in [-0.1, -0.05) is 12.1 Å². The van der Waals surface area contributed by atoms with Gasteiger partial charge in [0, 0.05) is 12.4 Å². The molecule has 0 radical (unpaired) electrons. The van der Waals surface area contributed by atoms with Crippen LogP contribution in [-0.2, 0) is 6.54 Å². The van der Waals surface area contributed by atoms with Gasteiger partial charge in [0.25, 0.3) is 0 Å². The third-order valence-electron chi connectivity index (χ3n) is 2.33. The molecule has 0 aliphatic heterocycles. The second kappa shape index (κ2) is 5.36. The summed E-state index contributed by atoms with van der Waals surface area (Å²) in [6.07, 6.45) is 4.52. The highest BCUT2D eigenvalue weighted by Gasteiger charge is 2.07. The van der Waals surface area contributed by atoms with E-state index in [1.807, 2.05) is 12.1 Å². The highest BCUT2D eigenvalue weighted by Crippen LogP contribution is 2.19. The molecule has 1 aromatic heterocycles. The number of benzene rings is 1. The molecule has 0 aliphatic rings. The van der Waals surface area contributed by atoms with Gasteiger partial charge < -0.3 is 20.1 Å². The lowest BCUT2D eigenvalue weighted by atomic mass is 10.3. The van der Waals surface area contributed by atoms with Crippen molar-refractivity contribution < 1.29 is 9.84 Å². The van der Waals surface area contributed by atoms with E-state index in [2.05, 4.69) is 4.98 Å². The van der Waals surface area contributed by atoms with Crippen LogP contribution in [0.15, 0.2) is 43.0 Å². The average Bonchev–Trinajstić information content (AvgIpc) is 2.81. The largest absolute Gasteiger partial charge is 0.489 e. The van der Waals surface area contributed by atoms with Crippen LogP contribution in [0.25, 0.3) is 0 Å². The lowest BCUT2D eigenvalue weighted by Gasteiger charge is -2.13. The number of nitrogen functional groups attached to an aromatic ring is 1. The quantitative estimate of drug-likeness (QED) is 0.753. The fourth-order valence-corrected chi connectivity index (χ4v) is 1.49. The third-order valence-corrected chi connectivity index (χ3v) is 2.33. The molecule has 0 fully saturated rings. The number of aliphatic hydroxyl groups excluding tert-OH is 1. The van der Waals surface area contributed by atoms with Crippen LogP contribution < -0.4 is 10.5 Å². The Balaban J connectivity index is 1.84. The molecule has 1 atom stereocenters. The molecule has 1 heterocycles. The minimum atomic E-state index is -0.594. The lowest BCUT2D eigenvalue weighted by molar-refractivity contribution is 0.0928. The van der Waals surface area contributed by atoms with Crippen molar-refractivity contribution in [2.45, 2.75) is 12.6 Å². The lowest BCUT2D eigenvalue weighted by Crippen LogP contribution is -2.23. The number of para-hydroxylation sites is 2. The van der Waals surface area contributed by atoms with Gasteiger partial charge in [0.2, 0.25) is 0 Å². The highest BCUT2D eigenvalue weighted by atomic mass is 16.5. The van der Waals surface area contributed by atoms with Crippen LogP contribution in [0.3, 0.4) is 0 Å². The van der Waals surface area contributed by atoms with Crippen LogP contribution in [0.2, 0.25) is 0 Å². The molecule has 90 valence electrons. The molecule has 0 saturated carbocycles. The number of nitrogens with two attached hydrogens (primary N) is 1. The number of hydrogen-bond donors (Lipinski definition) is 2. The summed E-state index contributed by atoms with van der Waals surface area (Å²) in [7, 11) is 0. The van der Waals surface area contributed by atoms with Gasteiger partial charge in [0.15, 0.2) is 0 Å². The Hall–Kier alpha value is -2.01. The minimum Gasteiger partial charge on any atom is -0.489 e. The van der Waals surface area contributed by atoms with E-state index in [0.29, 0.717) is 18.0 Å². The maximum Gasteiger partial charge on any atom is 0.142 e. The second-order valence-corrected chi connectivity index (χ2v) is 3.76. The zero-order valence-corrected chi connectivity index (χ0v) is 9.36. The monoisotopic (exact) mass is 233 g/mol. The molecule has 3 N–H and O–H groups in total. The van der Waals surface area contributed by atoms with Gasteiger partial charge in [0.05, 0.1) is 18.6 Å². The Labute approximate surface area is 99.5 Å². The smallest absolute Gasteiger partial charge is 0.142 e. The van der Waals surface area contributed by atoms with Crippen molar-refractivity contribution >= 4 is 5.69 Å². The molecule has 5 heteroatoms. The van der Waals surface area contributed by atoms with Crippen LogP contribution >= 0.6 is 0 Å². The Morgan fingerprint density at radius 2 is 2.24 bits per heavy atom. The predicted molar refractivity (Wildman–Crippen MR) is 64.6 cm³/mol. The molecular formula is C12H15N3O2. The van der Waals surface area contributed by atoms with Crippen molar-refractivity contribution in [1.29, 1.82) is 0 Å². The van der Waals surface area contributed by atoms with Gasteiger partial charge in [0.1, 0.15) is 18.5 Å². The predicted octanol–water partition coefficient (Wildman–Crippen LogP) is 0.905. The summed E-state index contributed by atoms with van der Waals surface area (Å²) in [5.41, 5.74) is 6.29. The van der Waals surface area contributed by atoms with Gasteiger partial charge in [-0.15, -0.1) is 0 Å². The molecular weight excluding hydrogens is 218 g/mol. The summed E-state index contributed by atoms with van der Waals surface area (Å²) in [4.78, 5) is 3.90. The van der Waals surface area contributed by atoms with E-state index in [1.165, 1.54) is 0 Å². The number of anilines is 1. The standard InChI is InChI=1S/C12H15N3O2/c13-11-3-1-2-4-12(11)17-8-10(16)7-15-6-5-14-9-15/h1-6,9-10,16H,7-8,13H2. The summed E-state index contributed by atoms with van der Waals surface area (Å²) in [5, 5.41) is 9.76. The summed E-state index contributed by atoms with van der Waals surface area (Å²) < 4.78 is 7.23. The van der Waals surface area contributed by atoms with E-state index < -0.39 is 6.10 Å². The van der Waals surface area contributed by atoms with Crippen LogP contribution in [0.5, 0.6) is 5.75 Å². The van der Waals surface area contributed by atoms with E-state index in [4.69, 9.17) is 10.5 Å². The van der Waals surface area contributed by atoms with Crippen molar-refractivity contribution in [1.82, 2.24) is 9.55 Å². The molecule has 0 spiro atoms. The normalized spacial score (nSPS) is 12.3. The van der Waals surface area contributed by atoms with Crippen LogP contribution in [0.4, 0.5) is 5.69 Å². The number of nitrogens with zero attached hydrogens (tertiary/aromatic N) is 2. The summed E-state index contributed by atoms with van der Waals surface area (Å²) >= 11 is 0. The molecule has 0 aliphatic carbocycles. The van der Waals surface area contributed by atoms with E-state index >= 15 is 0 Å². The van der Waals surface area contributed by atoms with Crippen molar-refractivity contribution in [2.75, 3.05) is 12.3 Å². The summed E-state index contributed by atoms with van der Waals surface area (Å²) in [5.74, 6) is 0.595. The Morgan fingerprint density at radius 1 is 1.41 bits per heavy atom. The first-order chi connectivity index (χ1) is 8.25. The molecule has 17 heavy (non-hydrogen) atoms. The van der Waals surface area contributed by atoms with E-state index in [-0.39, 0.29) is 6.61 Å². The summed E-state index contributed by atoms with van der Waals surface area (Å²) in [6, 6.07) is 7.22. The first-order valence-electron chi connectivity index (χ1n) is 5.37. The molecule has 0 amide bonds. The van der Waals surface area contributed by atoms with Gasteiger partial charge in [-0.2, -0.15) is 0 Å². The Bertz CT molecular complexity index is 457. The van der Waals surface area contributed by atoms with Crippen molar-refractivity contribution in [3.63, 3.8) is 0 Å². The number of aliphatic hydroxyl groups is 1. The molecule has 2 rings (SSSR count). The van der Waals surface area contributed by atoms with Gasteiger partial charge in [-0.25, -0.2) is 4.98 Å². The zero-order chi connectivity index (χ0) is 12.1. The first kappa shape index (κ1) is 11.5. The van der Waals surface area contributed by atoms with Gasteiger partial charge in [-0.3, -0.25) is 0 Å². The van der Waals surface area contributed by atoms with Crippen LogP contribution in [-0.4, -0.2) is 27.4 Å². The van der Waals surface area contributed by atoms with E-state index in [9.17, 15) is 5.11 Å². The topological polar surface area (TPSA) is 73.3 Å². The first-order valence-corrected chi connectivity index (χ1v) is 5.37. The Kier molecular flexibility index (Phi) is 3.62. The average molecular weight is 233 g/mol. The molecule has 1 aromatic carbocycles. The summed E-state index contributed by atoms with van der Waals surface area (Å²) in [6.45, 7) is 0.652. The number of hydrogen-bond acceptors (Lipinski definition) is 4.